The minimum absolute atomic E-state index is 0.362. The van der Waals surface area contributed by atoms with Gasteiger partial charge in [0, 0.05) is 6.04 Å². The van der Waals surface area contributed by atoms with E-state index in [9.17, 15) is 0 Å². The molecule has 3 heteroatoms. The Labute approximate surface area is 129 Å². The standard InChI is InChI=1S/C18H20N2S/c1-12(2)10-13(3)19-14-8-9-16-18(11-14)21-17-7-5-4-6-15(17)20-16/h4-9,11-13H,10H2,1-3H3/b19-14+. The van der Waals surface area contributed by atoms with E-state index < -0.39 is 0 Å². The van der Waals surface area contributed by atoms with Crippen LogP contribution in [-0.2, 0) is 0 Å². The lowest BCUT2D eigenvalue weighted by molar-refractivity contribution is 0.515. The first-order valence-corrected chi connectivity index (χ1v) is 8.27. The van der Waals surface area contributed by atoms with Crippen LogP contribution < -0.4 is 5.36 Å². The van der Waals surface area contributed by atoms with Gasteiger partial charge in [-0.2, -0.15) is 0 Å². The fraction of sp³-hybridized carbons (Fsp3) is 0.333. The zero-order chi connectivity index (χ0) is 14.8. The van der Waals surface area contributed by atoms with Crippen LogP contribution in [0.1, 0.15) is 27.2 Å². The monoisotopic (exact) mass is 296 g/mol. The van der Waals surface area contributed by atoms with E-state index in [1.807, 2.05) is 6.07 Å². The smallest absolute Gasteiger partial charge is 0.0811 e. The highest BCUT2D eigenvalue weighted by molar-refractivity contribution is 7.21. The molecule has 1 unspecified atom stereocenters. The van der Waals surface area contributed by atoms with Gasteiger partial charge in [-0.25, -0.2) is 4.98 Å². The van der Waals surface area contributed by atoms with Gasteiger partial charge in [0.05, 0.1) is 26.1 Å². The second kappa shape index (κ2) is 5.94. The van der Waals surface area contributed by atoms with Gasteiger partial charge in [-0.05, 0) is 49.6 Å². The Morgan fingerprint density at radius 3 is 2.71 bits per heavy atom. The summed E-state index contributed by atoms with van der Waals surface area (Å²) in [7, 11) is 0. The van der Waals surface area contributed by atoms with Crippen LogP contribution in [0.3, 0.4) is 0 Å². The summed E-state index contributed by atoms with van der Waals surface area (Å²) in [5.74, 6) is 0.678. The van der Waals surface area contributed by atoms with E-state index in [0.29, 0.717) is 12.0 Å². The molecule has 0 saturated carbocycles. The minimum Gasteiger partial charge on any atom is -0.282 e. The molecule has 2 nitrogen and oxygen atoms in total. The van der Waals surface area contributed by atoms with E-state index in [0.717, 1.165) is 23.0 Å². The van der Waals surface area contributed by atoms with Crippen LogP contribution in [0.2, 0.25) is 0 Å². The lowest BCUT2D eigenvalue weighted by atomic mass is 10.1. The van der Waals surface area contributed by atoms with Crippen molar-refractivity contribution in [2.45, 2.75) is 33.2 Å². The topological polar surface area (TPSA) is 25.2 Å². The number of benzene rings is 2. The molecule has 0 N–H and O–H groups in total. The average Bonchev–Trinajstić information content (AvgIpc) is 2.44. The highest BCUT2D eigenvalue weighted by Crippen LogP contribution is 2.28. The van der Waals surface area contributed by atoms with E-state index in [2.05, 4.69) is 57.2 Å². The second-order valence-electron chi connectivity index (χ2n) is 5.94. The molecule has 0 saturated heterocycles. The summed E-state index contributed by atoms with van der Waals surface area (Å²) < 4.78 is 1.22. The molecule has 0 fully saturated rings. The number of nitrogens with zero attached hydrogens (tertiary/aromatic N) is 2. The summed E-state index contributed by atoms with van der Waals surface area (Å²) in [6, 6.07) is 15.0. The third-order valence-electron chi connectivity index (χ3n) is 3.45. The van der Waals surface area contributed by atoms with E-state index in [-0.39, 0.29) is 0 Å². The van der Waals surface area contributed by atoms with E-state index in [1.54, 1.807) is 11.3 Å². The number of hydrogen-bond donors (Lipinski definition) is 0. The van der Waals surface area contributed by atoms with Crippen molar-refractivity contribution >= 4 is 21.6 Å². The number of rotatable bonds is 3. The highest BCUT2D eigenvalue weighted by Gasteiger charge is 2.07. The first kappa shape index (κ1) is 14.2. The zero-order valence-corrected chi connectivity index (χ0v) is 13.5. The molecule has 0 spiro atoms. The maximum atomic E-state index is 4.81. The quantitative estimate of drug-likeness (QED) is 0.641. The van der Waals surface area contributed by atoms with Crippen molar-refractivity contribution in [1.29, 1.82) is 0 Å². The van der Waals surface area contributed by atoms with Gasteiger partial charge >= 0.3 is 0 Å². The summed E-state index contributed by atoms with van der Waals surface area (Å²) in [6.45, 7) is 6.67. The minimum atomic E-state index is 0.362. The SMILES string of the molecule is CC(C)CC(C)/N=c1\ccc2nc3ccccc3sc-2c1. The Hall–Kier alpha value is -1.74. The zero-order valence-electron chi connectivity index (χ0n) is 12.7. The molecule has 0 aromatic heterocycles. The molecule has 3 rings (SSSR count). The number of hydrogen-bond acceptors (Lipinski definition) is 3. The Bertz CT molecular complexity index is 789. The van der Waals surface area contributed by atoms with Crippen LogP contribution in [0.5, 0.6) is 0 Å². The third-order valence-corrected chi connectivity index (χ3v) is 4.56. The highest BCUT2D eigenvalue weighted by atomic mass is 32.1. The van der Waals surface area contributed by atoms with E-state index in [4.69, 9.17) is 9.98 Å². The molecule has 0 radical (unpaired) electrons. The van der Waals surface area contributed by atoms with Gasteiger partial charge in [-0.15, -0.1) is 11.3 Å². The largest absolute Gasteiger partial charge is 0.282 e. The van der Waals surface area contributed by atoms with Crippen LogP contribution in [0.15, 0.2) is 47.5 Å². The number of fused-ring (bicyclic) bond motifs is 2. The van der Waals surface area contributed by atoms with Crippen molar-refractivity contribution in [2.75, 3.05) is 0 Å². The molecule has 0 bridgehead atoms. The van der Waals surface area contributed by atoms with Gasteiger partial charge in [0.1, 0.15) is 0 Å². The van der Waals surface area contributed by atoms with E-state index >= 15 is 0 Å². The summed E-state index contributed by atoms with van der Waals surface area (Å²) in [5.41, 5.74) is 2.11. The van der Waals surface area contributed by atoms with Crippen LogP contribution in [-0.4, -0.2) is 11.0 Å². The normalized spacial score (nSPS) is 14.2. The molecular formula is C18H20N2S. The predicted molar refractivity (Wildman–Crippen MR) is 90.7 cm³/mol. The molecule has 1 aromatic carbocycles. The molecule has 2 aliphatic rings. The second-order valence-corrected chi connectivity index (χ2v) is 7.03. The van der Waals surface area contributed by atoms with Crippen LogP contribution in [0.25, 0.3) is 20.8 Å². The third kappa shape index (κ3) is 3.30. The fourth-order valence-corrected chi connectivity index (χ4v) is 3.63. The van der Waals surface area contributed by atoms with Gasteiger partial charge in [-0.1, -0.05) is 26.0 Å². The first-order chi connectivity index (χ1) is 10.1. The average molecular weight is 296 g/mol. The van der Waals surface area contributed by atoms with Crippen molar-refractivity contribution < 1.29 is 0 Å². The maximum Gasteiger partial charge on any atom is 0.0811 e. The molecule has 108 valence electrons. The van der Waals surface area contributed by atoms with Crippen molar-refractivity contribution in [3.05, 3.63) is 47.8 Å². The van der Waals surface area contributed by atoms with Gasteiger partial charge in [-0.3, -0.25) is 4.99 Å². The Morgan fingerprint density at radius 2 is 1.90 bits per heavy atom. The maximum absolute atomic E-state index is 4.81. The molecule has 21 heavy (non-hydrogen) atoms. The van der Waals surface area contributed by atoms with Gasteiger partial charge < -0.3 is 0 Å². The van der Waals surface area contributed by atoms with Crippen LogP contribution in [0, 0.1) is 5.92 Å². The lowest BCUT2D eigenvalue weighted by Crippen LogP contribution is -2.10. The fourth-order valence-electron chi connectivity index (χ4n) is 2.63. The molecule has 1 atom stereocenters. The predicted octanol–water partition coefficient (Wildman–Crippen LogP) is 4.74. The first-order valence-electron chi connectivity index (χ1n) is 7.45. The Morgan fingerprint density at radius 1 is 1.10 bits per heavy atom. The number of aromatic nitrogens is 1. The molecule has 1 aliphatic heterocycles. The molecule has 1 aliphatic carbocycles. The van der Waals surface area contributed by atoms with Gasteiger partial charge in [0.25, 0.3) is 0 Å². The molecule has 1 aromatic rings. The Balaban J connectivity index is 2.05. The van der Waals surface area contributed by atoms with Crippen molar-refractivity contribution in [1.82, 2.24) is 4.98 Å². The summed E-state index contributed by atoms with van der Waals surface area (Å²) in [4.78, 5) is 10.7. The summed E-state index contributed by atoms with van der Waals surface area (Å²) in [5, 5.41) is 1.06. The molecule has 0 amide bonds. The molecule has 1 heterocycles. The van der Waals surface area contributed by atoms with Crippen LogP contribution in [0.4, 0.5) is 0 Å². The van der Waals surface area contributed by atoms with Crippen molar-refractivity contribution in [3.8, 4) is 10.6 Å². The summed E-state index contributed by atoms with van der Waals surface area (Å²) >= 11 is 1.78. The van der Waals surface area contributed by atoms with E-state index in [1.165, 1.54) is 9.58 Å². The Kier molecular flexibility index (Phi) is 4.02. The number of para-hydroxylation sites is 1. The van der Waals surface area contributed by atoms with Crippen LogP contribution >= 0.6 is 11.3 Å². The summed E-state index contributed by atoms with van der Waals surface area (Å²) in [6.07, 6.45) is 1.12. The van der Waals surface area contributed by atoms with Crippen molar-refractivity contribution in [2.24, 2.45) is 10.9 Å². The van der Waals surface area contributed by atoms with Gasteiger partial charge in [0.2, 0.25) is 0 Å². The molecular weight excluding hydrogens is 276 g/mol. The van der Waals surface area contributed by atoms with Crippen molar-refractivity contribution in [3.63, 3.8) is 0 Å². The lowest BCUT2D eigenvalue weighted by Gasteiger charge is -2.09. The van der Waals surface area contributed by atoms with Gasteiger partial charge in [0.15, 0.2) is 0 Å².